The predicted octanol–water partition coefficient (Wildman–Crippen LogP) is 5.42. The number of halogens is 3. The fraction of sp³-hybridized carbons (Fsp3) is 0.385. The summed E-state index contributed by atoms with van der Waals surface area (Å²) in [4.78, 5) is 0. The molecule has 0 heterocycles. The van der Waals surface area contributed by atoms with Gasteiger partial charge in [-0.3, -0.25) is 0 Å². The standard InChI is InChI=1S/C13H15Cl3Si/c14-17(15,16)10-9-13(11-5-1-2-6-11)12-7-3-4-8-12/h1-5,7,13H,6,8-10H2. The zero-order valence-electron chi connectivity index (χ0n) is 9.50. The molecule has 0 N–H and O–H groups in total. The van der Waals surface area contributed by atoms with Crippen molar-refractivity contribution >= 4 is 39.2 Å². The average Bonchev–Trinajstić information content (AvgIpc) is 2.86. The minimum atomic E-state index is -2.50. The first kappa shape index (κ1) is 13.5. The van der Waals surface area contributed by atoms with Crippen LogP contribution < -0.4 is 0 Å². The summed E-state index contributed by atoms with van der Waals surface area (Å²) in [7, 11) is 0. The van der Waals surface area contributed by atoms with Crippen LogP contribution in [0.4, 0.5) is 0 Å². The minimum absolute atomic E-state index is 0.461. The normalized spacial score (nSPS) is 19.1. The van der Waals surface area contributed by atoms with Gasteiger partial charge in [0.25, 0.3) is 0 Å². The first-order chi connectivity index (χ1) is 8.06. The van der Waals surface area contributed by atoms with Gasteiger partial charge in [0.1, 0.15) is 0 Å². The van der Waals surface area contributed by atoms with Gasteiger partial charge in [-0.2, -0.15) is 0 Å². The van der Waals surface area contributed by atoms with Crippen LogP contribution in [0, 0.1) is 5.92 Å². The molecule has 92 valence electrons. The molecule has 0 atom stereocenters. The van der Waals surface area contributed by atoms with Gasteiger partial charge in [-0.1, -0.05) is 47.6 Å². The molecule has 2 aliphatic carbocycles. The van der Waals surface area contributed by atoms with Crippen LogP contribution in [0.25, 0.3) is 0 Å². The highest BCUT2D eigenvalue weighted by Gasteiger charge is 2.28. The lowest BCUT2D eigenvalue weighted by Gasteiger charge is -2.21. The first-order valence-electron chi connectivity index (χ1n) is 5.84. The van der Waals surface area contributed by atoms with Gasteiger partial charge in [-0.05, 0) is 25.3 Å². The van der Waals surface area contributed by atoms with Crippen LogP contribution in [0.2, 0.25) is 6.04 Å². The summed E-state index contributed by atoms with van der Waals surface area (Å²) < 4.78 is 0. The maximum absolute atomic E-state index is 5.99. The summed E-state index contributed by atoms with van der Waals surface area (Å²) >= 11 is 18.0. The van der Waals surface area contributed by atoms with Crippen LogP contribution >= 0.6 is 33.2 Å². The third-order valence-corrected chi connectivity index (χ3v) is 5.77. The molecule has 0 aromatic rings. The van der Waals surface area contributed by atoms with Gasteiger partial charge in [-0.25, -0.2) is 0 Å². The summed E-state index contributed by atoms with van der Waals surface area (Å²) in [6, 6.07) is -1.77. The molecule has 0 aromatic heterocycles. The maximum atomic E-state index is 5.99. The van der Waals surface area contributed by atoms with E-state index in [1.54, 1.807) is 0 Å². The first-order valence-corrected chi connectivity index (χ1v) is 11.1. The molecule has 0 spiro atoms. The summed E-state index contributed by atoms with van der Waals surface area (Å²) in [6.07, 6.45) is 16.1. The van der Waals surface area contributed by atoms with E-state index in [9.17, 15) is 0 Å². The van der Waals surface area contributed by atoms with Crippen molar-refractivity contribution in [3.05, 3.63) is 47.6 Å². The lowest BCUT2D eigenvalue weighted by molar-refractivity contribution is 0.661. The summed E-state index contributed by atoms with van der Waals surface area (Å²) in [6.45, 7) is 0. The molecule has 0 saturated carbocycles. The Kier molecular flexibility index (Phi) is 4.59. The molecule has 0 bridgehead atoms. The van der Waals surface area contributed by atoms with Gasteiger partial charge in [0.2, 0.25) is 0 Å². The number of allylic oxidation sites excluding steroid dienone is 8. The van der Waals surface area contributed by atoms with Crippen LogP contribution in [0.5, 0.6) is 0 Å². The molecule has 0 aliphatic heterocycles. The van der Waals surface area contributed by atoms with E-state index >= 15 is 0 Å². The van der Waals surface area contributed by atoms with E-state index in [1.807, 2.05) is 0 Å². The van der Waals surface area contributed by atoms with E-state index in [0.29, 0.717) is 5.92 Å². The molecule has 2 rings (SSSR count). The highest BCUT2D eigenvalue weighted by Crippen LogP contribution is 2.38. The summed E-state index contributed by atoms with van der Waals surface area (Å²) in [5, 5.41) is 0. The average molecular weight is 306 g/mol. The van der Waals surface area contributed by atoms with Gasteiger partial charge in [0, 0.05) is 5.92 Å². The van der Waals surface area contributed by atoms with Gasteiger partial charge in [-0.15, -0.1) is 33.2 Å². The van der Waals surface area contributed by atoms with Crippen molar-refractivity contribution in [2.75, 3.05) is 0 Å². The highest BCUT2D eigenvalue weighted by atomic mass is 35.8. The fourth-order valence-corrected chi connectivity index (χ4v) is 3.96. The van der Waals surface area contributed by atoms with Crippen LogP contribution in [-0.4, -0.2) is 6.00 Å². The van der Waals surface area contributed by atoms with Crippen molar-refractivity contribution in [2.45, 2.75) is 25.3 Å². The quantitative estimate of drug-likeness (QED) is 0.470. The number of hydrogen-bond donors (Lipinski definition) is 0. The summed E-state index contributed by atoms with van der Waals surface area (Å²) in [5.74, 6) is 0.461. The van der Waals surface area contributed by atoms with E-state index in [0.717, 1.165) is 25.3 Å². The lowest BCUT2D eigenvalue weighted by Crippen LogP contribution is -2.14. The molecule has 2 aliphatic rings. The molecule has 0 radical (unpaired) electrons. The van der Waals surface area contributed by atoms with Gasteiger partial charge >= 0.3 is 6.00 Å². The van der Waals surface area contributed by atoms with E-state index in [4.69, 9.17) is 33.2 Å². The van der Waals surface area contributed by atoms with Crippen molar-refractivity contribution < 1.29 is 0 Å². The molecule has 0 aromatic carbocycles. The molecular weight excluding hydrogens is 291 g/mol. The largest absolute Gasteiger partial charge is 0.341 e. The zero-order chi connectivity index (χ0) is 12.3. The Labute approximate surface area is 118 Å². The van der Waals surface area contributed by atoms with Crippen molar-refractivity contribution in [3.63, 3.8) is 0 Å². The zero-order valence-corrected chi connectivity index (χ0v) is 12.8. The Hall–Kier alpha value is 0.0469. The van der Waals surface area contributed by atoms with Crippen molar-refractivity contribution in [3.8, 4) is 0 Å². The van der Waals surface area contributed by atoms with Crippen molar-refractivity contribution in [2.24, 2.45) is 5.92 Å². The van der Waals surface area contributed by atoms with Crippen molar-refractivity contribution in [1.29, 1.82) is 0 Å². The number of rotatable bonds is 5. The van der Waals surface area contributed by atoms with Crippen LogP contribution in [0.1, 0.15) is 19.3 Å². The van der Waals surface area contributed by atoms with Crippen LogP contribution in [-0.2, 0) is 0 Å². The Morgan fingerprint density at radius 3 is 1.88 bits per heavy atom. The third kappa shape index (κ3) is 4.03. The third-order valence-electron chi connectivity index (χ3n) is 3.21. The molecule has 0 nitrogen and oxygen atoms in total. The smallest absolute Gasteiger partial charge is 0.126 e. The Morgan fingerprint density at radius 1 is 1.00 bits per heavy atom. The van der Waals surface area contributed by atoms with Gasteiger partial charge in [0.05, 0.1) is 0 Å². The Morgan fingerprint density at radius 2 is 1.53 bits per heavy atom. The lowest BCUT2D eigenvalue weighted by atomic mass is 9.87. The molecule has 0 fully saturated rings. The predicted molar refractivity (Wildman–Crippen MR) is 79.9 cm³/mol. The minimum Gasteiger partial charge on any atom is -0.126 e. The fourth-order valence-electron chi connectivity index (χ4n) is 2.36. The molecule has 0 saturated heterocycles. The SMILES string of the molecule is Cl[Si](Cl)(Cl)CCC(C1=CC=CC1)C1=CC=CC1. The van der Waals surface area contributed by atoms with Crippen molar-refractivity contribution in [1.82, 2.24) is 0 Å². The molecule has 17 heavy (non-hydrogen) atoms. The maximum Gasteiger partial charge on any atom is 0.341 e. The monoisotopic (exact) mass is 304 g/mol. The van der Waals surface area contributed by atoms with E-state index in [-0.39, 0.29) is 0 Å². The van der Waals surface area contributed by atoms with E-state index in [2.05, 4.69) is 36.5 Å². The van der Waals surface area contributed by atoms with E-state index in [1.165, 1.54) is 11.1 Å². The van der Waals surface area contributed by atoms with Crippen LogP contribution in [0.15, 0.2) is 47.6 Å². The topological polar surface area (TPSA) is 0 Å². The molecule has 0 amide bonds. The Bertz CT molecular complexity index is 369. The second kappa shape index (κ2) is 5.79. The second-order valence-electron chi connectivity index (χ2n) is 4.45. The molecule has 4 heteroatoms. The van der Waals surface area contributed by atoms with Gasteiger partial charge in [0.15, 0.2) is 0 Å². The van der Waals surface area contributed by atoms with Crippen LogP contribution in [0.3, 0.4) is 0 Å². The molecular formula is C13H15Cl3Si. The molecule has 0 unspecified atom stereocenters. The van der Waals surface area contributed by atoms with Gasteiger partial charge < -0.3 is 0 Å². The second-order valence-corrected chi connectivity index (χ2v) is 13.7. The Balaban J connectivity index is 2.03. The summed E-state index contributed by atoms with van der Waals surface area (Å²) in [5.41, 5.74) is 2.92. The number of hydrogen-bond acceptors (Lipinski definition) is 0. The van der Waals surface area contributed by atoms with E-state index < -0.39 is 6.00 Å². The highest BCUT2D eigenvalue weighted by molar-refractivity contribution is 7.64.